The molecule has 0 radical (unpaired) electrons. The van der Waals surface area contributed by atoms with Gasteiger partial charge in [0.1, 0.15) is 10.8 Å². The molecule has 1 heterocycles. The van der Waals surface area contributed by atoms with Gasteiger partial charge in [-0.3, -0.25) is 10.1 Å². The predicted molar refractivity (Wildman–Crippen MR) is 91.4 cm³/mol. The third-order valence-corrected chi connectivity index (χ3v) is 4.32. The van der Waals surface area contributed by atoms with Crippen LogP contribution in [0, 0.1) is 0 Å². The van der Waals surface area contributed by atoms with Crippen molar-refractivity contribution < 1.29 is 9.53 Å². The molecule has 0 aliphatic heterocycles. The average Bonchev–Trinajstić information content (AvgIpc) is 2.94. The molecule has 0 unspecified atom stereocenters. The second kappa shape index (κ2) is 8.85. The Morgan fingerprint density at radius 1 is 1.27 bits per heavy atom. The maximum atomic E-state index is 11.8. The summed E-state index contributed by atoms with van der Waals surface area (Å²) >= 11 is 4.77. The maximum absolute atomic E-state index is 11.8. The van der Waals surface area contributed by atoms with Gasteiger partial charge in [0.05, 0.1) is 0 Å². The van der Waals surface area contributed by atoms with Gasteiger partial charge in [-0.1, -0.05) is 47.0 Å². The largest absolute Gasteiger partial charge is 0.484 e. The molecule has 1 N–H and O–H groups in total. The number of nitrogens with one attached hydrogen (secondary N) is 1. The van der Waals surface area contributed by atoms with E-state index in [9.17, 15) is 4.79 Å². The molecule has 0 atom stereocenters. The second-order valence-corrected chi connectivity index (χ2v) is 6.73. The summed E-state index contributed by atoms with van der Waals surface area (Å²) in [6, 6.07) is 7.32. The van der Waals surface area contributed by atoms with Gasteiger partial charge in [-0.25, -0.2) is 0 Å². The highest BCUT2D eigenvalue weighted by Crippen LogP contribution is 2.18. The Kier molecular flexibility index (Phi) is 6.79. The minimum atomic E-state index is -0.237. The fraction of sp³-hybridized carbons (Fsp3) is 0.400. The predicted octanol–water partition coefficient (Wildman–Crippen LogP) is 4.05. The topological polar surface area (TPSA) is 64.1 Å². The number of ether oxygens (including phenoxy) is 1. The van der Waals surface area contributed by atoms with Crippen LogP contribution in [0.4, 0.5) is 5.13 Å². The van der Waals surface area contributed by atoms with Gasteiger partial charge in [-0.2, -0.15) is 0 Å². The van der Waals surface area contributed by atoms with E-state index in [0.717, 1.165) is 22.3 Å². The highest BCUT2D eigenvalue weighted by Gasteiger charge is 2.08. The van der Waals surface area contributed by atoms with E-state index < -0.39 is 0 Å². The molecule has 0 aliphatic carbocycles. The van der Waals surface area contributed by atoms with Crippen molar-refractivity contribution in [2.24, 2.45) is 0 Å². The van der Waals surface area contributed by atoms with Gasteiger partial charge in [-0.15, -0.1) is 10.2 Å². The van der Waals surface area contributed by atoms with Crippen LogP contribution in [0.1, 0.15) is 31.2 Å². The van der Waals surface area contributed by atoms with E-state index in [1.165, 1.54) is 24.2 Å². The van der Waals surface area contributed by atoms with Gasteiger partial charge >= 0.3 is 0 Å². The van der Waals surface area contributed by atoms with E-state index in [2.05, 4.69) is 38.4 Å². The normalized spacial score (nSPS) is 10.5. The summed E-state index contributed by atoms with van der Waals surface area (Å²) in [5.41, 5.74) is 0. The monoisotopic (exact) mass is 383 g/mol. The molecular formula is C15H18BrN3O2S. The number of aromatic nitrogens is 2. The number of aryl methyl sites for hydroxylation is 1. The van der Waals surface area contributed by atoms with Crippen LogP contribution in [0.25, 0.3) is 0 Å². The molecule has 1 amide bonds. The van der Waals surface area contributed by atoms with Crippen molar-refractivity contribution in [2.75, 3.05) is 11.9 Å². The first-order valence-corrected chi connectivity index (χ1v) is 8.79. The van der Waals surface area contributed by atoms with Crippen molar-refractivity contribution >= 4 is 38.3 Å². The number of benzene rings is 1. The lowest BCUT2D eigenvalue weighted by Gasteiger charge is -2.05. The lowest BCUT2D eigenvalue weighted by Crippen LogP contribution is -2.20. The standard InChI is InChI=1S/C15H18BrN3O2S/c1-2-3-4-5-14-18-19-15(22-14)17-13(20)10-21-12-8-6-11(16)7-9-12/h6-9H,2-5,10H2,1H3,(H,17,19,20). The Labute approximate surface area is 142 Å². The quantitative estimate of drug-likeness (QED) is 0.698. The van der Waals surface area contributed by atoms with Crippen molar-refractivity contribution in [1.29, 1.82) is 0 Å². The van der Waals surface area contributed by atoms with Crippen molar-refractivity contribution in [3.63, 3.8) is 0 Å². The smallest absolute Gasteiger partial charge is 0.264 e. The molecule has 0 fully saturated rings. The molecule has 22 heavy (non-hydrogen) atoms. The minimum absolute atomic E-state index is 0.0492. The number of carbonyl (C=O) groups excluding carboxylic acids is 1. The Morgan fingerprint density at radius 2 is 2.05 bits per heavy atom. The molecule has 5 nitrogen and oxygen atoms in total. The maximum Gasteiger partial charge on any atom is 0.264 e. The number of unbranched alkanes of at least 4 members (excludes halogenated alkanes) is 2. The fourth-order valence-electron chi connectivity index (χ4n) is 1.77. The fourth-order valence-corrected chi connectivity index (χ4v) is 2.83. The summed E-state index contributed by atoms with van der Waals surface area (Å²) < 4.78 is 6.37. The highest BCUT2D eigenvalue weighted by molar-refractivity contribution is 9.10. The molecular weight excluding hydrogens is 366 g/mol. The number of nitrogens with zero attached hydrogens (tertiary/aromatic N) is 2. The molecule has 118 valence electrons. The highest BCUT2D eigenvalue weighted by atomic mass is 79.9. The van der Waals surface area contributed by atoms with Crippen molar-refractivity contribution in [1.82, 2.24) is 10.2 Å². The molecule has 0 bridgehead atoms. The molecule has 2 rings (SSSR count). The molecule has 0 saturated heterocycles. The van der Waals surface area contributed by atoms with Crippen molar-refractivity contribution in [3.05, 3.63) is 33.7 Å². The van der Waals surface area contributed by atoms with Crippen LogP contribution in [-0.2, 0) is 11.2 Å². The SMILES string of the molecule is CCCCCc1nnc(NC(=O)COc2ccc(Br)cc2)s1. The third-order valence-electron chi connectivity index (χ3n) is 2.89. The Balaban J connectivity index is 1.75. The van der Waals surface area contributed by atoms with E-state index in [0.29, 0.717) is 10.9 Å². The van der Waals surface area contributed by atoms with Crippen LogP contribution in [0.5, 0.6) is 5.75 Å². The van der Waals surface area contributed by atoms with Crippen LogP contribution in [0.2, 0.25) is 0 Å². The number of anilines is 1. The van der Waals surface area contributed by atoms with Crippen molar-refractivity contribution in [3.8, 4) is 5.75 Å². The first-order chi connectivity index (χ1) is 10.7. The third kappa shape index (κ3) is 5.73. The first kappa shape index (κ1) is 16.9. The summed E-state index contributed by atoms with van der Waals surface area (Å²) in [5, 5.41) is 12.2. The van der Waals surface area contributed by atoms with Gasteiger partial charge in [0.25, 0.3) is 5.91 Å². The number of hydrogen-bond acceptors (Lipinski definition) is 5. The molecule has 0 spiro atoms. The van der Waals surface area contributed by atoms with E-state index in [-0.39, 0.29) is 12.5 Å². The van der Waals surface area contributed by atoms with E-state index in [1.807, 2.05) is 12.1 Å². The zero-order valence-electron chi connectivity index (χ0n) is 12.3. The van der Waals surface area contributed by atoms with Gasteiger partial charge in [0, 0.05) is 10.9 Å². The zero-order chi connectivity index (χ0) is 15.8. The summed E-state index contributed by atoms with van der Waals surface area (Å²) in [7, 11) is 0. The number of rotatable bonds is 8. The van der Waals surface area contributed by atoms with E-state index in [1.54, 1.807) is 12.1 Å². The number of amides is 1. The van der Waals surface area contributed by atoms with Crippen LogP contribution in [0.3, 0.4) is 0 Å². The Hall–Kier alpha value is -1.47. The van der Waals surface area contributed by atoms with Crippen LogP contribution in [-0.4, -0.2) is 22.7 Å². The van der Waals surface area contributed by atoms with Gasteiger partial charge in [0.15, 0.2) is 6.61 Å². The second-order valence-electron chi connectivity index (χ2n) is 4.75. The van der Waals surface area contributed by atoms with E-state index >= 15 is 0 Å². The lowest BCUT2D eigenvalue weighted by atomic mass is 10.2. The van der Waals surface area contributed by atoms with Crippen molar-refractivity contribution in [2.45, 2.75) is 32.6 Å². The first-order valence-electron chi connectivity index (χ1n) is 7.18. The summed E-state index contributed by atoms with van der Waals surface area (Å²) in [6.45, 7) is 2.11. The Morgan fingerprint density at radius 3 is 2.77 bits per heavy atom. The van der Waals surface area contributed by atoms with Gasteiger partial charge < -0.3 is 4.74 Å². The molecule has 2 aromatic rings. The summed E-state index contributed by atoms with van der Waals surface area (Å²) in [4.78, 5) is 11.8. The number of halogens is 1. The molecule has 1 aromatic carbocycles. The van der Waals surface area contributed by atoms with Gasteiger partial charge in [0.2, 0.25) is 5.13 Å². The summed E-state index contributed by atoms with van der Waals surface area (Å²) in [6.07, 6.45) is 4.38. The van der Waals surface area contributed by atoms with Crippen LogP contribution >= 0.6 is 27.3 Å². The van der Waals surface area contributed by atoms with Crippen LogP contribution < -0.4 is 10.1 Å². The van der Waals surface area contributed by atoms with Crippen LogP contribution in [0.15, 0.2) is 28.7 Å². The van der Waals surface area contributed by atoms with Gasteiger partial charge in [-0.05, 0) is 30.7 Å². The lowest BCUT2D eigenvalue weighted by molar-refractivity contribution is -0.118. The number of carbonyl (C=O) groups is 1. The summed E-state index contributed by atoms with van der Waals surface area (Å²) in [5.74, 6) is 0.412. The van der Waals surface area contributed by atoms with E-state index in [4.69, 9.17) is 4.74 Å². The number of hydrogen-bond donors (Lipinski definition) is 1. The minimum Gasteiger partial charge on any atom is -0.484 e. The zero-order valence-corrected chi connectivity index (χ0v) is 14.7. The Bertz CT molecular complexity index is 601. The molecule has 0 saturated carbocycles. The molecule has 0 aliphatic rings. The molecule has 1 aromatic heterocycles. The average molecular weight is 384 g/mol. The molecule has 7 heteroatoms.